The molecule has 0 saturated heterocycles. The summed E-state index contributed by atoms with van der Waals surface area (Å²) < 4.78 is 5.42. The lowest BCUT2D eigenvalue weighted by Crippen LogP contribution is -2.53. The molecule has 7 heteroatoms. The second-order valence-electron chi connectivity index (χ2n) is 10.9. The van der Waals surface area contributed by atoms with Crippen LogP contribution in [0.4, 0.5) is 4.79 Å². The number of amides is 3. The number of hydrogen-bond acceptors (Lipinski definition) is 4. The van der Waals surface area contributed by atoms with Gasteiger partial charge >= 0.3 is 6.09 Å². The van der Waals surface area contributed by atoms with Crippen LogP contribution in [0.25, 0.3) is 0 Å². The maximum atomic E-state index is 13.9. The zero-order valence-corrected chi connectivity index (χ0v) is 23.6. The van der Waals surface area contributed by atoms with Crippen molar-refractivity contribution in [3.05, 3.63) is 70.8 Å². The minimum absolute atomic E-state index is 0.134. The summed E-state index contributed by atoms with van der Waals surface area (Å²) in [5, 5.41) is 5.77. The molecule has 3 amide bonds. The summed E-state index contributed by atoms with van der Waals surface area (Å²) in [7, 11) is 0. The topological polar surface area (TPSA) is 87.7 Å². The quantitative estimate of drug-likeness (QED) is 0.446. The Labute approximate surface area is 222 Å². The number of aryl methyl sites for hydroxylation is 2. The lowest BCUT2D eigenvalue weighted by atomic mass is 9.97. The number of alkyl carbamates (subject to hydrolysis) is 1. The van der Waals surface area contributed by atoms with Crippen molar-refractivity contribution in [2.45, 2.75) is 86.0 Å². The molecule has 2 unspecified atom stereocenters. The number of carbonyl (C=O) groups excluding carboxylic acids is 3. The number of likely N-dealkylation sites (N-methyl/N-ethyl adjacent to an activating group) is 1. The smallest absolute Gasteiger partial charge is 0.408 e. The van der Waals surface area contributed by atoms with Crippen molar-refractivity contribution in [3.8, 4) is 0 Å². The number of nitrogens with zero attached hydrogens (tertiary/aromatic N) is 1. The molecule has 2 aromatic carbocycles. The van der Waals surface area contributed by atoms with Crippen LogP contribution >= 0.6 is 0 Å². The summed E-state index contributed by atoms with van der Waals surface area (Å²) in [6.07, 6.45) is -0.237. The van der Waals surface area contributed by atoms with E-state index >= 15 is 0 Å². The van der Waals surface area contributed by atoms with Crippen LogP contribution in [0, 0.1) is 19.8 Å². The highest BCUT2D eigenvalue weighted by molar-refractivity contribution is 5.92. The number of benzene rings is 2. The Morgan fingerprint density at radius 1 is 0.973 bits per heavy atom. The van der Waals surface area contributed by atoms with Gasteiger partial charge in [0.05, 0.1) is 0 Å². The molecule has 37 heavy (non-hydrogen) atoms. The fraction of sp³-hybridized carbons (Fsp3) is 0.500. The molecule has 2 atom stereocenters. The van der Waals surface area contributed by atoms with E-state index in [2.05, 4.69) is 10.6 Å². The van der Waals surface area contributed by atoms with Gasteiger partial charge < -0.3 is 20.3 Å². The van der Waals surface area contributed by atoms with Crippen LogP contribution in [-0.4, -0.2) is 41.0 Å². The first-order chi connectivity index (χ1) is 17.3. The Morgan fingerprint density at radius 2 is 1.62 bits per heavy atom. The molecule has 2 aromatic rings. The van der Waals surface area contributed by atoms with E-state index in [0.717, 1.165) is 22.3 Å². The molecule has 2 N–H and O–H groups in total. The van der Waals surface area contributed by atoms with Crippen molar-refractivity contribution in [2.75, 3.05) is 6.54 Å². The van der Waals surface area contributed by atoms with Crippen molar-refractivity contribution in [2.24, 2.45) is 5.92 Å². The van der Waals surface area contributed by atoms with Crippen LogP contribution < -0.4 is 10.6 Å². The number of nitrogens with one attached hydrogen (secondary N) is 2. The molecule has 202 valence electrons. The van der Waals surface area contributed by atoms with Gasteiger partial charge in [0.15, 0.2) is 0 Å². The number of carbonyl (C=O) groups is 3. The summed E-state index contributed by atoms with van der Waals surface area (Å²) in [4.78, 5) is 41.7. The molecular weight excluding hydrogens is 466 g/mol. The summed E-state index contributed by atoms with van der Waals surface area (Å²) in [5.41, 5.74) is 3.13. The number of hydrogen-bond donors (Lipinski definition) is 2. The molecule has 0 bridgehead atoms. The summed E-state index contributed by atoms with van der Waals surface area (Å²) >= 11 is 0. The molecule has 0 heterocycles. The number of rotatable bonds is 10. The van der Waals surface area contributed by atoms with Crippen molar-refractivity contribution >= 4 is 17.9 Å². The van der Waals surface area contributed by atoms with Gasteiger partial charge in [0, 0.05) is 13.1 Å². The first-order valence-electron chi connectivity index (χ1n) is 13.0. The zero-order chi connectivity index (χ0) is 27.8. The highest BCUT2D eigenvalue weighted by atomic mass is 16.6. The van der Waals surface area contributed by atoms with Gasteiger partial charge in [-0.1, -0.05) is 62.4 Å². The second-order valence-corrected chi connectivity index (χ2v) is 10.9. The van der Waals surface area contributed by atoms with Crippen molar-refractivity contribution in [1.82, 2.24) is 15.5 Å². The molecular formula is C30H43N3O4. The Bertz CT molecular complexity index is 1060. The Morgan fingerprint density at radius 3 is 2.16 bits per heavy atom. The molecule has 0 aliphatic rings. The minimum atomic E-state index is -0.851. The third kappa shape index (κ3) is 9.23. The molecule has 0 spiro atoms. The summed E-state index contributed by atoms with van der Waals surface area (Å²) in [5.74, 6) is -0.461. The lowest BCUT2D eigenvalue weighted by molar-refractivity contribution is -0.142. The first kappa shape index (κ1) is 29.9. The second kappa shape index (κ2) is 13.3. The number of ether oxygens (including phenoxy) is 1. The first-order valence-corrected chi connectivity index (χ1v) is 13.0. The monoisotopic (exact) mass is 509 g/mol. The van der Waals surface area contributed by atoms with Gasteiger partial charge in [-0.2, -0.15) is 0 Å². The third-order valence-electron chi connectivity index (χ3n) is 6.04. The van der Waals surface area contributed by atoms with E-state index in [4.69, 9.17) is 4.74 Å². The Hall–Kier alpha value is -3.35. The molecule has 0 radical (unpaired) electrons. The zero-order valence-electron chi connectivity index (χ0n) is 23.6. The van der Waals surface area contributed by atoms with Gasteiger partial charge in [0.25, 0.3) is 0 Å². The molecule has 2 rings (SSSR count). The maximum Gasteiger partial charge on any atom is 0.408 e. The van der Waals surface area contributed by atoms with Crippen LogP contribution in [0.5, 0.6) is 0 Å². The van der Waals surface area contributed by atoms with Crippen LogP contribution in [-0.2, 0) is 20.9 Å². The van der Waals surface area contributed by atoms with Gasteiger partial charge in [-0.25, -0.2) is 4.79 Å². The van der Waals surface area contributed by atoms with Crippen molar-refractivity contribution in [1.29, 1.82) is 0 Å². The summed E-state index contributed by atoms with van der Waals surface area (Å²) in [6, 6.07) is 13.8. The SMILES string of the molecule is CCN(C(=O)C(CC(C)C)NC(=O)OC(C)(C)C)C(C(=O)NCc1ccccc1)c1ccc(C)c(C)c1. The van der Waals surface area contributed by atoms with Gasteiger partial charge in [-0.15, -0.1) is 0 Å². The van der Waals surface area contributed by atoms with E-state index in [1.165, 1.54) is 0 Å². The van der Waals surface area contributed by atoms with Gasteiger partial charge in [0.1, 0.15) is 17.7 Å². The largest absolute Gasteiger partial charge is 0.444 e. The predicted molar refractivity (Wildman–Crippen MR) is 147 cm³/mol. The maximum absolute atomic E-state index is 13.9. The van der Waals surface area contributed by atoms with Crippen LogP contribution in [0.2, 0.25) is 0 Å². The van der Waals surface area contributed by atoms with E-state index < -0.39 is 23.8 Å². The molecule has 0 fully saturated rings. The van der Waals surface area contributed by atoms with E-state index in [-0.39, 0.29) is 17.7 Å². The molecule has 7 nitrogen and oxygen atoms in total. The Kier molecular flexibility index (Phi) is 10.7. The normalized spacial score (nSPS) is 13.0. The standard InChI is InChI=1S/C30H43N3O4/c1-9-33(28(35)25(17-20(2)3)32-29(36)37-30(6,7)8)26(24-16-15-21(4)22(5)18-24)27(34)31-19-23-13-11-10-12-14-23/h10-16,18,20,25-26H,9,17,19H2,1-8H3,(H,31,34)(H,32,36). The van der Waals surface area contributed by atoms with E-state index in [9.17, 15) is 14.4 Å². The fourth-order valence-corrected chi connectivity index (χ4v) is 4.10. The highest BCUT2D eigenvalue weighted by Gasteiger charge is 2.35. The van der Waals surface area contributed by atoms with Crippen molar-refractivity contribution in [3.63, 3.8) is 0 Å². The van der Waals surface area contributed by atoms with Crippen LogP contribution in [0.3, 0.4) is 0 Å². The van der Waals surface area contributed by atoms with Crippen LogP contribution in [0.1, 0.15) is 76.3 Å². The lowest BCUT2D eigenvalue weighted by Gasteiger charge is -2.34. The Balaban J connectivity index is 2.41. The molecule has 0 aliphatic heterocycles. The minimum Gasteiger partial charge on any atom is -0.444 e. The van der Waals surface area contributed by atoms with Gasteiger partial charge in [0.2, 0.25) is 11.8 Å². The van der Waals surface area contributed by atoms with E-state index in [1.54, 1.807) is 25.7 Å². The average molecular weight is 510 g/mol. The van der Waals surface area contributed by atoms with E-state index in [0.29, 0.717) is 19.5 Å². The predicted octanol–water partition coefficient (Wildman–Crippen LogP) is 5.45. The van der Waals surface area contributed by atoms with Gasteiger partial charge in [-0.3, -0.25) is 9.59 Å². The van der Waals surface area contributed by atoms with Gasteiger partial charge in [-0.05, 0) is 76.1 Å². The summed E-state index contributed by atoms with van der Waals surface area (Å²) in [6.45, 7) is 15.8. The van der Waals surface area contributed by atoms with E-state index in [1.807, 2.05) is 83.1 Å². The van der Waals surface area contributed by atoms with Crippen molar-refractivity contribution < 1.29 is 19.1 Å². The average Bonchev–Trinajstić information content (AvgIpc) is 2.81. The molecule has 0 saturated carbocycles. The molecule has 0 aromatic heterocycles. The third-order valence-corrected chi connectivity index (χ3v) is 6.04. The highest BCUT2D eigenvalue weighted by Crippen LogP contribution is 2.26. The van der Waals surface area contributed by atoms with Crippen LogP contribution in [0.15, 0.2) is 48.5 Å². The molecule has 0 aliphatic carbocycles. The fourth-order valence-electron chi connectivity index (χ4n) is 4.10.